The van der Waals surface area contributed by atoms with Gasteiger partial charge in [-0.1, -0.05) is 0 Å². The van der Waals surface area contributed by atoms with Gasteiger partial charge in [0.2, 0.25) is 5.91 Å². The second kappa shape index (κ2) is 5.42. The molecular formula is C15H20N4O2. The average molecular weight is 288 g/mol. The molecular weight excluding hydrogens is 268 g/mol. The van der Waals surface area contributed by atoms with Crippen LogP contribution in [-0.2, 0) is 15.1 Å². The first-order valence-corrected chi connectivity index (χ1v) is 7.47. The van der Waals surface area contributed by atoms with E-state index in [1.807, 2.05) is 0 Å². The highest BCUT2D eigenvalue weighted by Gasteiger charge is 2.52. The highest BCUT2D eigenvalue weighted by molar-refractivity contribution is 5.92. The summed E-state index contributed by atoms with van der Waals surface area (Å²) in [6, 6.07) is 0. The molecule has 6 nitrogen and oxygen atoms in total. The van der Waals surface area contributed by atoms with Crippen LogP contribution >= 0.6 is 0 Å². The lowest BCUT2D eigenvalue weighted by Crippen LogP contribution is -2.55. The fourth-order valence-corrected chi connectivity index (χ4v) is 3.17. The summed E-state index contributed by atoms with van der Waals surface area (Å²) in [4.78, 5) is 35.3. The Labute approximate surface area is 124 Å². The van der Waals surface area contributed by atoms with Gasteiger partial charge in [-0.25, -0.2) is 0 Å². The number of carbonyl (C=O) groups excluding carboxylic acids is 2. The molecule has 1 aliphatic heterocycles. The maximum absolute atomic E-state index is 12.6. The topological polar surface area (TPSA) is 75.2 Å². The van der Waals surface area contributed by atoms with Crippen LogP contribution < -0.4 is 5.32 Å². The zero-order chi connectivity index (χ0) is 14.9. The van der Waals surface area contributed by atoms with E-state index in [-0.39, 0.29) is 11.8 Å². The minimum atomic E-state index is -0.991. The van der Waals surface area contributed by atoms with Crippen LogP contribution in [0.15, 0.2) is 18.6 Å². The number of likely N-dealkylation sites (tertiary alicyclic amines) is 1. The third-order valence-electron chi connectivity index (χ3n) is 4.43. The van der Waals surface area contributed by atoms with E-state index >= 15 is 0 Å². The van der Waals surface area contributed by atoms with Crippen molar-refractivity contribution in [1.82, 2.24) is 20.2 Å². The SMILES string of the molecule is CNC(=O)[C@]1(c2cnccn2)CCCN1C(=O)CC1CC1. The fourth-order valence-electron chi connectivity index (χ4n) is 3.17. The van der Waals surface area contributed by atoms with Crippen molar-refractivity contribution in [1.29, 1.82) is 0 Å². The summed E-state index contributed by atoms with van der Waals surface area (Å²) in [5.74, 6) is 0.385. The van der Waals surface area contributed by atoms with Crippen LogP contribution in [0.2, 0.25) is 0 Å². The number of hydrogen-bond donors (Lipinski definition) is 1. The summed E-state index contributed by atoms with van der Waals surface area (Å²) in [5.41, 5.74) is -0.430. The Balaban J connectivity index is 1.97. The van der Waals surface area contributed by atoms with E-state index in [2.05, 4.69) is 15.3 Å². The number of nitrogens with zero attached hydrogens (tertiary/aromatic N) is 3. The minimum absolute atomic E-state index is 0.0595. The highest BCUT2D eigenvalue weighted by atomic mass is 16.2. The minimum Gasteiger partial charge on any atom is -0.357 e. The van der Waals surface area contributed by atoms with E-state index in [9.17, 15) is 9.59 Å². The molecule has 2 heterocycles. The molecule has 0 aromatic carbocycles. The van der Waals surface area contributed by atoms with E-state index in [1.165, 1.54) is 0 Å². The zero-order valence-electron chi connectivity index (χ0n) is 12.2. The van der Waals surface area contributed by atoms with E-state index in [1.54, 1.807) is 30.5 Å². The molecule has 1 atom stereocenters. The molecule has 0 unspecified atom stereocenters. The average Bonchev–Trinajstić information content (AvgIpc) is 3.21. The maximum atomic E-state index is 12.6. The van der Waals surface area contributed by atoms with Gasteiger partial charge in [-0.2, -0.15) is 0 Å². The number of carbonyl (C=O) groups is 2. The maximum Gasteiger partial charge on any atom is 0.252 e. The van der Waals surface area contributed by atoms with E-state index < -0.39 is 5.54 Å². The van der Waals surface area contributed by atoms with Crippen LogP contribution in [0.5, 0.6) is 0 Å². The van der Waals surface area contributed by atoms with Crippen molar-refractivity contribution in [3.63, 3.8) is 0 Å². The number of rotatable bonds is 4. The van der Waals surface area contributed by atoms with Gasteiger partial charge in [0.15, 0.2) is 5.54 Å². The third kappa shape index (κ3) is 2.39. The molecule has 1 aromatic rings. The monoisotopic (exact) mass is 288 g/mol. The molecule has 2 fully saturated rings. The van der Waals surface area contributed by atoms with Crippen LogP contribution in [0, 0.1) is 5.92 Å². The first-order valence-electron chi connectivity index (χ1n) is 7.47. The smallest absolute Gasteiger partial charge is 0.252 e. The van der Waals surface area contributed by atoms with Crippen molar-refractivity contribution >= 4 is 11.8 Å². The Morgan fingerprint density at radius 3 is 2.86 bits per heavy atom. The van der Waals surface area contributed by atoms with Crippen LogP contribution in [0.4, 0.5) is 0 Å². The lowest BCUT2D eigenvalue weighted by Gasteiger charge is -2.36. The number of aromatic nitrogens is 2. The molecule has 1 saturated carbocycles. The summed E-state index contributed by atoms with van der Waals surface area (Å²) in [6.45, 7) is 0.607. The second-order valence-corrected chi connectivity index (χ2v) is 5.83. The van der Waals surface area contributed by atoms with Crippen LogP contribution in [0.1, 0.15) is 37.8 Å². The quantitative estimate of drug-likeness (QED) is 0.891. The number of amides is 2. The standard InChI is InChI=1S/C15H20N4O2/c1-16-14(21)15(12-10-17-6-7-18-12)5-2-8-19(15)13(20)9-11-3-4-11/h6-7,10-11H,2-5,8-9H2,1H3,(H,16,21)/t15-/m1/s1. The second-order valence-electron chi connectivity index (χ2n) is 5.83. The predicted octanol–water partition coefficient (Wildman–Crippen LogP) is 0.840. The Morgan fingerprint density at radius 1 is 1.43 bits per heavy atom. The summed E-state index contributed by atoms with van der Waals surface area (Å²) in [7, 11) is 1.60. The molecule has 2 aliphatic rings. The first kappa shape index (κ1) is 14.0. The largest absolute Gasteiger partial charge is 0.357 e. The van der Waals surface area contributed by atoms with Crippen molar-refractivity contribution in [2.24, 2.45) is 5.92 Å². The molecule has 0 spiro atoms. The molecule has 21 heavy (non-hydrogen) atoms. The van der Waals surface area contributed by atoms with Gasteiger partial charge in [-0.15, -0.1) is 0 Å². The van der Waals surface area contributed by atoms with Crippen molar-refractivity contribution in [3.8, 4) is 0 Å². The Bertz CT molecular complexity index is 544. The number of nitrogens with one attached hydrogen (secondary N) is 1. The van der Waals surface area contributed by atoms with Gasteiger partial charge < -0.3 is 10.2 Å². The highest BCUT2D eigenvalue weighted by Crippen LogP contribution is 2.41. The van der Waals surface area contributed by atoms with Crippen molar-refractivity contribution in [3.05, 3.63) is 24.3 Å². The molecule has 3 rings (SSSR count). The summed E-state index contributed by atoms with van der Waals surface area (Å²) >= 11 is 0. The molecule has 6 heteroatoms. The summed E-state index contributed by atoms with van der Waals surface area (Å²) in [5, 5.41) is 2.70. The van der Waals surface area contributed by atoms with Crippen molar-refractivity contribution < 1.29 is 9.59 Å². The number of hydrogen-bond acceptors (Lipinski definition) is 4. The van der Waals surface area contributed by atoms with Crippen LogP contribution in [0.3, 0.4) is 0 Å². The third-order valence-corrected chi connectivity index (χ3v) is 4.43. The normalized spacial score (nSPS) is 24.9. The molecule has 1 saturated heterocycles. The lowest BCUT2D eigenvalue weighted by molar-refractivity contribution is -0.146. The first-order chi connectivity index (χ1) is 10.2. The van der Waals surface area contributed by atoms with E-state index in [0.717, 1.165) is 19.3 Å². The number of likely N-dealkylation sites (N-methyl/N-ethyl adjacent to an activating group) is 1. The molecule has 0 bridgehead atoms. The van der Waals surface area contributed by atoms with E-state index in [0.29, 0.717) is 31.0 Å². The van der Waals surface area contributed by atoms with Gasteiger partial charge in [0.25, 0.3) is 5.91 Å². The van der Waals surface area contributed by atoms with Gasteiger partial charge >= 0.3 is 0 Å². The van der Waals surface area contributed by atoms with Crippen molar-refractivity contribution in [2.45, 2.75) is 37.6 Å². The van der Waals surface area contributed by atoms with Crippen LogP contribution in [0.25, 0.3) is 0 Å². The predicted molar refractivity (Wildman–Crippen MR) is 76.1 cm³/mol. The van der Waals surface area contributed by atoms with Gasteiger partial charge in [0, 0.05) is 32.4 Å². The summed E-state index contributed by atoms with van der Waals surface area (Å²) < 4.78 is 0. The zero-order valence-corrected chi connectivity index (χ0v) is 12.2. The van der Waals surface area contributed by atoms with Crippen LogP contribution in [-0.4, -0.2) is 40.3 Å². The molecule has 1 N–H and O–H groups in total. The molecule has 0 radical (unpaired) electrons. The molecule has 1 aromatic heterocycles. The Kier molecular flexibility index (Phi) is 3.61. The fraction of sp³-hybridized carbons (Fsp3) is 0.600. The molecule has 112 valence electrons. The summed E-state index contributed by atoms with van der Waals surface area (Å²) in [6.07, 6.45) is 8.93. The lowest BCUT2D eigenvalue weighted by atomic mass is 9.90. The van der Waals surface area contributed by atoms with Crippen molar-refractivity contribution in [2.75, 3.05) is 13.6 Å². The van der Waals surface area contributed by atoms with Gasteiger partial charge in [-0.05, 0) is 31.6 Å². The van der Waals surface area contributed by atoms with Gasteiger partial charge in [0.1, 0.15) is 0 Å². The van der Waals surface area contributed by atoms with Gasteiger partial charge in [0.05, 0.1) is 11.9 Å². The van der Waals surface area contributed by atoms with E-state index in [4.69, 9.17) is 0 Å². The Morgan fingerprint density at radius 2 is 2.24 bits per heavy atom. The molecule has 1 aliphatic carbocycles. The van der Waals surface area contributed by atoms with Gasteiger partial charge in [-0.3, -0.25) is 19.6 Å². The Hall–Kier alpha value is -1.98. The molecule has 2 amide bonds.